The van der Waals surface area contributed by atoms with E-state index in [-0.39, 0.29) is 24.9 Å². The van der Waals surface area contributed by atoms with Gasteiger partial charge in [-0.25, -0.2) is 9.97 Å². The number of amides is 2. The van der Waals surface area contributed by atoms with Gasteiger partial charge in [0.25, 0.3) is 5.91 Å². The number of anilines is 1. The zero-order valence-corrected chi connectivity index (χ0v) is 29.1. The van der Waals surface area contributed by atoms with Crippen molar-refractivity contribution in [2.75, 3.05) is 31.1 Å². The molecule has 3 aliphatic rings. The average Bonchev–Trinajstić information content (AvgIpc) is 3.58. The summed E-state index contributed by atoms with van der Waals surface area (Å²) >= 11 is 1.42. The Kier molecular flexibility index (Phi) is 11.1. The van der Waals surface area contributed by atoms with Crippen LogP contribution >= 0.6 is 11.3 Å². The van der Waals surface area contributed by atoms with Crippen LogP contribution in [-0.4, -0.2) is 70.0 Å². The monoisotopic (exact) mass is 671 g/mol. The van der Waals surface area contributed by atoms with Gasteiger partial charge in [-0.15, -0.1) is 11.3 Å². The van der Waals surface area contributed by atoms with Crippen LogP contribution in [0.4, 0.5) is 5.69 Å². The number of aromatic nitrogens is 2. The van der Waals surface area contributed by atoms with E-state index in [0.29, 0.717) is 17.1 Å². The van der Waals surface area contributed by atoms with Crippen molar-refractivity contribution in [1.82, 2.24) is 20.2 Å². The van der Waals surface area contributed by atoms with Gasteiger partial charge < -0.3 is 20.2 Å². The van der Waals surface area contributed by atoms with Crippen LogP contribution in [0.25, 0.3) is 11.4 Å². The fourth-order valence-electron chi connectivity index (χ4n) is 7.80. The molecule has 1 aliphatic carbocycles. The molecular weight excluding hydrogens is 623 g/mol. The molecule has 1 atom stereocenters. The highest BCUT2D eigenvalue weighted by Crippen LogP contribution is 2.39. The molecule has 0 radical (unpaired) electrons. The first kappa shape index (κ1) is 34.1. The van der Waals surface area contributed by atoms with E-state index in [2.05, 4.69) is 17.1 Å². The first-order valence-electron chi connectivity index (χ1n) is 17.9. The van der Waals surface area contributed by atoms with Crippen LogP contribution in [0.5, 0.6) is 0 Å². The predicted molar refractivity (Wildman–Crippen MR) is 189 cm³/mol. The highest BCUT2D eigenvalue weighted by molar-refractivity contribution is 7.14. The summed E-state index contributed by atoms with van der Waals surface area (Å²) in [5.41, 5.74) is 2.84. The van der Waals surface area contributed by atoms with E-state index in [1.807, 2.05) is 49.6 Å². The number of hydrogen-bond donors (Lipinski definition) is 2. The van der Waals surface area contributed by atoms with Crippen LogP contribution in [-0.2, 0) is 22.4 Å². The number of hydrogen-bond acceptors (Lipinski definition) is 7. The fraction of sp³-hybridized carbons (Fsp3) is 0.553. The zero-order chi connectivity index (χ0) is 33.6. The second-order valence-corrected chi connectivity index (χ2v) is 15.2. The Morgan fingerprint density at radius 3 is 2.19 bits per heavy atom. The number of aryl methyl sites for hydroxylation is 1. The fourth-order valence-corrected chi connectivity index (χ4v) is 8.65. The smallest absolute Gasteiger partial charge is 0.310 e. The molecule has 9 nitrogen and oxygen atoms in total. The van der Waals surface area contributed by atoms with Crippen molar-refractivity contribution in [2.45, 2.75) is 84.1 Å². The van der Waals surface area contributed by atoms with Gasteiger partial charge in [0.1, 0.15) is 6.04 Å². The topological polar surface area (TPSA) is 116 Å². The Labute approximate surface area is 288 Å². The second-order valence-electron chi connectivity index (χ2n) is 14.0. The minimum absolute atomic E-state index is 0.157. The van der Waals surface area contributed by atoms with E-state index in [4.69, 9.17) is 9.97 Å². The van der Waals surface area contributed by atoms with Gasteiger partial charge in [-0.1, -0.05) is 63.8 Å². The lowest BCUT2D eigenvalue weighted by molar-refractivity contribution is -0.153. The molecule has 256 valence electrons. The zero-order valence-electron chi connectivity index (χ0n) is 28.3. The summed E-state index contributed by atoms with van der Waals surface area (Å²) in [5, 5.41) is 12.2. The average molecular weight is 672 g/mol. The summed E-state index contributed by atoms with van der Waals surface area (Å²) < 4.78 is 0. The van der Waals surface area contributed by atoms with Crippen molar-refractivity contribution in [2.24, 2.45) is 23.7 Å². The number of carbonyl (C=O) groups is 3. The van der Waals surface area contributed by atoms with Crippen LogP contribution in [0.3, 0.4) is 0 Å². The lowest BCUT2D eigenvalue weighted by Gasteiger charge is -2.39. The maximum atomic E-state index is 13.4. The number of thiophene rings is 1. The quantitative estimate of drug-likeness (QED) is 0.227. The van der Waals surface area contributed by atoms with Crippen LogP contribution in [0.1, 0.15) is 85.3 Å². The van der Waals surface area contributed by atoms with Gasteiger partial charge in [-0.2, -0.15) is 0 Å². The number of rotatable bonds is 12. The predicted octanol–water partition coefficient (Wildman–Crippen LogP) is 6.47. The minimum atomic E-state index is -0.907. The van der Waals surface area contributed by atoms with Gasteiger partial charge in [0, 0.05) is 43.0 Å². The first-order chi connectivity index (χ1) is 23.3. The Balaban J connectivity index is 1.05. The van der Waals surface area contributed by atoms with Crippen LogP contribution in [0.2, 0.25) is 0 Å². The molecule has 3 aromatic rings. The molecular formula is C38H49N5O4S. The van der Waals surface area contributed by atoms with Gasteiger partial charge in [-0.05, 0) is 67.6 Å². The third-order valence-corrected chi connectivity index (χ3v) is 12.1. The van der Waals surface area contributed by atoms with Crippen molar-refractivity contribution in [3.63, 3.8) is 0 Å². The molecule has 2 N–H and O–H groups in total. The summed E-state index contributed by atoms with van der Waals surface area (Å²) in [4.78, 5) is 52.8. The number of nitrogens with zero attached hydrogens (tertiary/aromatic N) is 4. The molecule has 0 bridgehead atoms. The number of aliphatic carboxylic acids is 1. The van der Waals surface area contributed by atoms with Crippen molar-refractivity contribution >= 4 is 34.8 Å². The number of likely N-dealkylation sites (tertiary alicyclic amines) is 1. The summed E-state index contributed by atoms with van der Waals surface area (Å²) in [7, 11) is 0. The summed E-state index contributed by atoms with van der Waals surface area (Å²) in [6.45, 7) is 6.79. The molecule has 4 heterocycles. The Morgan fingerprint density at radius 1 is 0.917 bits per heavy atom. The number of benzene rings is 1. The Bertz CT molecular complexity index is 1540. The molecule has 2 aliphatic heterocycles. The molecule has 2 amide bonds. The number of carbonyl (C=O) groups excluding carboxylic acids is 2. The summed E-state index contributed by atoms with van der Waals surface area (Å²) in [6.07, 6.45) is 15.9. The van der Waals surface area contributed by atoms with E-state index in [0.717, 1.165) is 59.0 Å². The van der Waals surface area contributed by atoms with Crippen molar-refractivity contribution in [3.8, 4) is 11.4 Å². The molecule has 2 aromatic heterocycles. The molecule has 2 saturated heterocycles. The molecule has 1 unspecified atom stereocenters. The molecule has 48 heavy (non-hydrogen) atoms. The first-order valence-corrected chi connectivity index (χ1v) is 18.7. The van der Waals surface area contributed by atoms with E-state index >= 15 is 0 Å². The number of carboxylic acids is 1. The largest absolute Gasteiger partial charge is 0.481 e. The van der Waals surface area contributed by atoms with Gasteiger partial charge in [-0.3, -0.25) is 14.4 Å². The van der Waals surface area contributed by atoms with E-state index < -0.39 is 17.9 Å². The maximum Gasteiger partial charge on any atom is 0.310 e. The lowest BCUT2D eigenvalue weighted by Crippen LogP contribution is -2.59. The third kappa shape index (κ3) is 8.08. The SMILES string of the molecule is CCCC1CCC(C2CCN(c3cnc(-c4ccc(CC(NC(=O)c5ccc(CC)s5)C(=O)N5CC(C(=O)O)C5)cc4)nc3)CC2)CC1. The van der Waals surface area contributed by atoms with Crippen LogP contribution in [0, 0.1) is 23.7 Å². The third-order valence-electron chi connectivity index (χ3n) is 10.8. The number of piperidine rings is 1. The molecule has 3 fully saturated rings. The van der Waals surface area contributed by atoms with E-state index in [1.54, 1.807) is 6.07 Å². The normalized spacial score (nSPS) is 21.0. The number of carboxylic acid groups (broad SMARTS) is 1. The van der Waals surface area contributed by atoms with Crippen molar-refractivity contribution in [3.05, 3.63) is 64.1 Å². The molecule has 0 spiro atoms. The van der Waals surface area contributed by atoms with Gasteiger partial charge in [0.05, 0.1) is 28.9 Å². The van der Waals surface area contributed by atoms with E-state index in [9.17, 15) is 19.5 Å². The Hall–Kier alpha value is -3.79. The second kappa shape index (κ2) is 15.6. The van der Waals surface area contributed by atoms with Crippen LogP contribution in [0.15, 0.2) is 48.8 Å². The van der Waals surface area contributed by atoms with Crippen molar-refractivity contribution in [1.29, 1.82) is 0 Å². The molecule has 10 heteroatoms. The summed E-state index contributed by atoms with van der Waals surface area (Å²) in [5.74, 6) is 1.34. The molecule has 6 rings (SSSR count). The van der Waals surface area contributed by atoms with E-state index in [1.165, 1.54) is 67.6 Å². The molecule has 1 saturated carbocycles. The van der Waals surface area contributed by atoms with Crippen molar-refractivity contribution < 1.29 is 19.5 Å². The van der Waals surface area contributed by atoms with Gasteiger partial charge in [0.15, 0.2) is 5.82 Å². The summed E-state index contributed by atoms with van der Waals surface area (Å²) in [6, 6.07) is 10.7. The van der Waals surface area contributed by atoms with Gasteiger partial charge >= 0.3 is 5.97 Å². The van der Waals surface area contributed by atoms with Crippen LogP contribution < -0.4 is 10.2 Å². The van der Waals surface area contributed by atoms with Gasteiger partial charge in [0.2, 0.25) is 5.91 Å². The minimum Gasteiger partial charge on any atom is -0.481 e. The lowest BCUT2D eigenvalue weighted by atomic mass is 9.72. The standard InChI is InChI=1S/C38H49N5O4S/c1-3-5-25-6-10-27(11-7-25)28-16-18-42(19-17-28)31-21-39-35(40-22-31)29-12-8-26(9-13-29)20-33(37(45)43-23-30(24-43)38(46)47)41-36(44)34-15-14-32(4-2)48-34/h8-9,12-15,21-22,25,27-28,30,33H,3-7,10-11,16-20,23-24H2,1-2H3,(H,41,44)(H,46,47). The maximum absolute atomic E-state index is 13.4. The highest BCUT2D eigenvalue weighted by Gasteiger charge is 2.39. The number of nitrogens with one attached hydrogen (secondary N) is 1. The highest BCUT2D eigenvalue weighted by atomic mass is 32.1. The molecule has 1 aromatic carbocycles. The Morgan fingerprint density at radius 2 is 1.58 bits per heavy atom.